The molecular formula is C15H22BrNO2. The lowest BCUT2D eigenvalue weighted by atomic mass is 9.85. The molecule has 1 aromatic rings. The van der Waals surface area contributed by atoms with Gasteiger partial charge in [-0.3, -0.25) is 0 Å². The van der Waals surface area contributed by atoms with E-state index < -0.39 is 5.60 Å². The van der Waals surface area contributed by atoms with Crippen LogP contribution in [0.15, 0.2) is 22.7 Å². The third-order valence-corrected chi connectivity index (χ3v) is 4.24. The topological polar surface area (TPSA) is 55.5 Å². The van der Waals surface area contributed by atoms with E-state index in [2.05, 4.69) is 15.9 Å². The number of halogens is 1. The van der Waals surface area contributed by atoms with Crippen molar-refractivity contribution in [2.45, 2.75) is 50.7 Å². The molecule has 0 bridgehead atoms. The molecule has 0 unspecified atom stereocenters. The van der Waals surface area contributed by atoms with Crippen molar-refractivity contribution in [3.8, 4) is 5.75 Å². The number of benzene rings is 1. The third kappa shape index (κ3) is 3.94. The Balaban J connectivity index is 2.07. The summed E-state index contributed by atoms with van der Waals surface area (Å²) in [5.41, 5.74) is 6.25. The molecule has 19 heavy (non-hydrogen) atoms. The SMILES string of the molecule is C[C@@H](N)c1ccc(Br)cc1OCC1(O)CCCCC1. The van der Waals surface area contributed by atoms with Gasteiger partial charge in [-0.15, -0.1) is 0 Å². The molecule has 1 aromatic carbocycles. The molecule has 0 amide bonds. The second-order valence-corrected chi connectivity index (χ2v) is 6.46. The summed E-state index contributed by atoms with van der Waals surface area (Å²) in [6.45, 7) is 2.29. The Labute approximate surface area is 123 Å². The molecule has 0 spiro atoms. The average Bonchev–Trinajstić information content (AvgIpc) is 2.37. The molecule has 0 aliphatic heterocycles. The summed E-state index contributed by atoms with van der Waals surface area (Å²) in [6.07, 6.45) is 5.03. The van der Waals surface area contributed by atoms with Gasteiger partial charge in [0.1, 0.15) is 12.4 Å². The first-order valence-electron chi connectivity index (χ1n) is 6.90. The highest BCUT2D eigenvalue weighted by atomic mass is 79.9. The van der Waals surface area contributed by atoms with E-state index in [0.717, 1.165) is 41.5 Å². The van der Waals surface area contributed by atoms with Crippen LogP contribution < -0.4 is 10.5 Å². The summed E-state index contributed by atoms with van der Waals surface area (Å²) in [4.78, 5) is 0. The number of rotatable bonds is 4. The van der Waals surface area contributed by atoms with Gasteiger partial charge in [0.15, 0.2) is 0 Å². The Bertz CT molecular complexity index is 428. The van der Waals surface area contributed by atoms with Crippen LogP contribution in [-0.4, -0.2) is 17.3 Å². The number of aliphatic hydroxyl groups is 1. The maximum atomic E-state index is 10.5. The summed E-state index contributed by atoms with van der Waals surface area (Å²) in [7, 11) is 0. The van der Waals surface area contributed by atoms with Gasteiger partial charge in [0.25, 0.3) is 0 Å². The second kappa shape index (κ2) is 6.25. The van der Waals surface area contributed by atoms with Crippen LogP contribution in [0.3, 0.4) is 0 Å². The van der Waals surface area contributed by atoms with Gasteiger partial charge in [-0.1, -0.05) is 41.3 Å². The molecule has 3 nitrogen and oxygen atoms in total. The lowest BCUT2D eigenvalue weighted by molar-refractivity contribution is -0.0341. The van der Waals surface area contributed by atoms with Crippen molar-refractivity contribution in [1.29, 1.82) is 0 Å². The number of hydrogen-bond acceptors (Lipinski definition) is 3. The predicted molar refractivity (Wildman–Crippen MR) is 80.3 cm³/mol. The molecule has 106 valence electrons. The minimum Gasteiger partial charge on any atom is -0.490 e. The minimum absolute atomic E-state index is 0.0795. The van der Waals surface area contributed by atoms with Crippen LogP contribution in [0.4, 0.5) is 0 Å². The molecule has 0 heterocycles. The zero-order valence-corrected chi connectivity index (χ0v) is 12.9. The van der Waals surface area contributed by atoms with Crippen molar-refractivity contribution in [3.05, 3.63) is 28.2 Å². The Kier molecular flexibility index (Phi) is 4.87. The van der Waals surface area contributed by atoms with E-state index in [1.54, 1.807) is 0 Å². The Hall–Kier alpha value is -0.580. The van der Waals surface area contributed by atoms with E-state index >= 15 is 0 Å². The standard InChI is InChI=1S/C15H22BrNO2/c1-11(17)13-6-5-12(16)9-14(13)19-10-15(18)7-3-2-4-8-15/h5-6,9,11,18H,2-4,7-8,10,17H2,1H3/t11-/m1/s1. The maximum absolute atomic E-state index is 10.5. The molecule has 0 saturated heterocycles. The van der Waals surface area contributed by atoms with Gasteiger partial charge in [0, 0.05) is 16.1 Å². The van der Waals surface area contributed by atoms with Crippen molar-refractivity contribution in [2.24, 2.45) is 5.73 Å². The van der Waals surface area contributed by atoms with Gasteiger partial charge >= 0.3 is 0 Å². The number of ether oxygens (including phenoxy) is 1. The first-order valence-corrected chi connectivity index (χ1v) is 7.70. The van der Waals surface area contributed by atoms with Crippen LogP contribution in [0.5, 0.6) is 5.75 Å². The highest BCUT2D eigenvalue weighted by molar-refractivity contribution is 9.10. The first-order chi connectivity index (χ1) is 9.00. The quantitative estimate of drug-likeness (QED) is 0.889. The first kappa shape index (κ1) is 14.8. The monoisotopic (exact) mass is 327 g/mol. The van der Waals surface area contributed by atoms with Crippen LogP contribution in [0, 0.1) is 0 Å². The number of hydrogen-bond donors (Lipinski definition) is 2. The molecule has 1 fully saturated rings. The van der Waals surface area contributed by atoms with Gasteiger partial charge in [-0.2, -0.15) is 0 Å². The van der Waals surface area contributed by atoms with E-state index in [1.165, 1.54) is 6.42 Å². The second-order valence-electron chi connectivity index (χ2n) is 5.54. The molecule has 1 saturated carbocycles. The maximum Gasteiger partial charge on any atom is 0.125 e. The Morgan fingerprint density at radius 1 is 1.37 bits per heavy atom. The molecule has 4 heteroatoms. The summed E-state index contributed by atoms with van der Waals surface area (Å²) >= 11 is 3.44. The van der Waals surface area contributed by atoms with E-state index in [1.807, 2.05) is 25.1 Å². The molecular weight excluding hydrogens is 306 g/mol. The van der Waals surface area contributed by atoms with Crippen LogP contribution >= 0.6 is 15.9 Å². The fourth-order valence-electron chi connectivity index (χ4n) is 2.58. The summed E-state index contributed by atoms with van der Waals surface area (Å²) < 4.78 is 6.82. The van der Waals surface area contributed by atoms with Crippen molar-refractivity contribution in [2.75, 3.05) is 6.61 Å². The predicted octanol–water partition coefficient (Wildman–Crippen LogP) is 3.54. The third-order valence-electron chi connectivity index (χ3n) is 3.75. The van der Waals surface area contributed by atoms with Gasteiger partial charge in [0.05, 0.1) is 5.60 Å². The van der Waals surface area contributed by atoms with E-state index in [9.17, 15) is 5.11 Å². The lowest BCUT2D eigenvalue weighted by Gasteiger charge is -2.32. The number of nitrogens with two attached hydrogens (primary N) is 1. The molecule has 0 aromatic heterocycles. The van der Waals surface area contributed by atoms with Crippen molar-refractivity contribution in [1.82, 2.24) is 0 Å². The smallest absolute Gasteiger partial charge is 0.125 e. The van der Waals surface area contributed by atoms with E-state index in [4.69, 9.17) is 10.5 Å². The molecule has 1 aliphatic carbocycles. The van der Waals surface area contributed by atoms with Crippen molar-refractivity contribution < 1.29 is 9.84 Å². The summed E-state index contributed by atoms with van der Waals surface area (Å²) in [5.74, 6) is 0.767. The minimum atomic E-state index is -0.671. The van der Waals surface area contributed by atoms with Gasteiger partial charge < -0.3 is 15.6 Å². The van der Waals surface area contributed by atoms with Crippen molar-refractivity contribution in [3.63, 3.8) is 0 Å². The highest BCUT2D eigenvalue weighted by Crippen LogP contribution is 2.32. The van der Waals surface area contributed by atoms with Crippen LogP contribution in [0.2, 0.25) is 0 Å². The van der Waals surface area contributed by atoms with E-state index in [-0.39, 0.29) is 6.04 Å². The molecule has 0 radical (unpaired) electrons. The van der Waals surface area contributed by atoms with Crippen LogP contribution in [0.1, 0.15) is 50.6 Å². The van der Waals surface area contributed by atoms with Crippen LogP contribution in [0.25, 0.3) is 0 Å². The molecule has 1 atom stereocenters. The summed E-state index contributed by atoms with van der Waals surface area (Å²) in [6, 6.07) is 5.77. The fourth-order valence-corrected chi connectivity index (χ4v) is 2.92. The largest absolute Gasteiger partial charge is 0.490 e. The average molecular weight is 328 g/mol. The van der Waals surface area contributed by atoms with Crippen molar-refractivity contribution >= 4 is 15.9 Å². The van der Waals surface area contributed by atoms with Gasteiger partial charge in [-0.25, -0.2) is 0 Å². The zero-order valence-electron chi connectivity index (χ0n) is 11.4. The molecule has 3 N–H and O–H groups in total. The zero-order chi connectivity index (χ0) is 13.9. The Morgan fingerprint density at radius 2 is 2.05 bits per heavy atom. The van der Waals surface area contributed by atoms with Gasteiger partial charge in [-0.05, 0) is 31.9 Å². The lowest BCUT2D eigenvalue weighted by Crippen LogP contribution is -2.38. The van der Waals surface area contributed by atoms with Gasteiger partial charge in [0.2, 0.25) is 0 Å². The highest BCUT2D eigenvalue weighted by Gasteiger charge is 2.30. The van der Waals surface area contributed by atoms with E-state index in [0.29, 0.717) is 6.61 Å². The summed E-state index contributed by atoms with van der Waals surface area (Å²) in [5, 5.41) is 10.5. The Morgan fingerprint density at radius 3 is 2.68 bits per heavy atom. The molecule has 1 aliphatic rings. The normalized spacial score (nSPS) is 20.0. The fraction of sp³-hybridized carbons (Fsp3) is 0.600. The molecule has 2 rings (SSSR count). The van der Waals surface area contributed by atoms with Crippen LogP contribution in [-0.2, 0) is 0 Å².